The van der Waals surface area contributed by atoms with Gasteiger partial charge in [0.1, 0.15) is 11.2 Å². The van der Waals surface area contributed by atoms with Crippen molar-refractivity contribution in [3.8, 4) is 22.5 Å². The van der Waals surface area contributed by atoms with Crippen molar-refractivity contribution < 1.29 is 9.15 Å². The maximum atomic E-state index is 13.6. The second-order valence-corrected chi connectivity index (χ2v) is 9.25. The van der Waals surface area contributed by atoms with Crippen molar-refractivity contribution >= 4 is 22.1 Å². The average molecular weight is 474 g/mol. The molecule has 0 spiro atoms. The summed E-state index contributed by atoms with van der Waals surface area (Å²) in [4.78, 5) is 22.9. The second kappa shape index (κ2) is 8.16. The van der Waals surface area contributed by atoms with Crippen LogP contribution in [0.25, 0.3) is 44.6 Å². The van der Waals surface area contributed by atoms with E-state index in [-0.39, 0.29) is 17.8 Å². The van der Waals surface area contributed by atoms with Gasteiger partial charge in [-0.1, -0.05) is 6.92 Å². The number of pyridine rings is 1. The first-order valence-corrected chi connectivity index (χ1v) is 11.9. The molecule has 10 nitrogen and oxygen atoms in total. The van der Waals surface area contributed by atoms with Gasteiger partial charge in [0, 0.05) is 55.7 Å². The zero-order chi connectivity index (χ0) is 24.3. The molecule has 0 aliphatic carbocycles. The summed E-state index contributed by atoms with van der Waals surface area (Å²) < 4.78 is 17.6. The molecule has 5 aromatic heterocycles. The van der Waals surface area contributed by atoms with Gasteiger partial charge in [-0.25, -0.2) is 9.78 Å². The summed E-state index contributed by atoms with van der Waals surface area (Å²) in [7, 11) is 3.71. The third-order valence-corrected chi connectivity index (χ3v) is 6.83. The number of rotatable bonds is 4. The van der Waals surface area contributed by atoms with Crippen molar-refractivity contribution in [3.05, 3.63) is 47.0 Å². The third-order valence-electron chi connectivity index (χ3n) is 6.83. The molecule has 10 heteroatoms. The molecule has 2 atom stereocenters. The van der Waals surface area contributed by atoms with Gasteiger partial charge in [0.2, 0.25) is 0 Å². The predicted octanol–water partition coefficient (Wildman–Crippen LogP) is 3.78. The number of furan rings is 1. The van der Waals surface area contributed by atoms with Crippen molar-refractivity contribution in [3.63, 3.8) is 0 Å². The zero-order valence-corrected chi connectivity index (χ0v) is 20.2. The quantitative estimate of drug-likeness (QED) is 0.391. The number of fused-ring (bicyclic) bond motifs is 3. The van der Waals surface area contributed by atoms with Gasteiger partial charge >= 0.3 is 5.69 Å². The fourth-order valence-corrected chi connectivity index (χ4v) is 5.09. The molecule has 1 fully saturated rings. The van der Waals surface area contributed by atoms with Gasteiger partial charge in [-0.15, -0.1) is 0 Å². The van der Waals surface area contributed by atoms with E-state index < -0.39 is 0 Å². The molecule has 0 N–H and O–H groups in total. The number of hydrogen-bond donors (Lipinski definition) is 0. The SMILES string of the molecule is CCC1CC(n2c(=O)nc(-c3cnn(C)c3)c3oc4c(C)nc(-c5cnn(C)c5)cc4c32)CCO1. The molecule has 2 unspecified atom stereocenters. The molecular formula is C25H27N7O3. The number of hydrogen-bond acceptors (Lipinski definition) is 7. The molecule has 1 aliphatic heterocycles. The molecule has 0 bridgehead atoms. The van der Waals surface area contributed by atoms with Crippen LogP contribution in [0.5, 0.6) is 0 Å². The lowest BCUT2D eigenvalue weighted by Gasteiger charge is -2.30. The van der Waals surface area contributed by atoms with E-state index in [0.29, 0.717) is 23.5 Å². The largest absolute Gasteiger partial charge is 0.450 e. The number of ether oxygens (including phenoxy) is 1. The lowest BCUT2D eigenvalue weighted by molar-refractivity contribution is -0.00709. The Morgan fingerprint density at radius 1 is 1.06 bits per heavy atom. The van der Waals surface area contributed by atoms with Gasteiger partial charge in [0.25, 0.3) is 0 Å². The van der Waals surface area contributed by atoms with Crippen LogP contribution in [-0.4, -0.2) is 46.8 Å². The van der Waals surface area contributed by atoms with Crippen molar-refractivity contribution in [1.82, 2.24) is 34.1 Å². The molecular weight excluding hydrogens is 446 g/mol. The van der Waals surface area contributed by atoms with Gasteiger partial charge < -0.3 is 9.15 Å². The molecule has 35 heavy (non-hydrogen) atoms. The topological polar surface area (TPSA) is 106 Å². The molecule has 0 radical (unpaired) electrons. The van der Waals surface area contributed by atoms with Crippen LogP contribution in [0.3, 0.4) is 0 Å². The van der Waals surface area contributed by atoms with E-state index >= 15 is 0 Å². The molecule has 0 amide bonds. The molecule has 0 aromatic carbocycles. The number of aryl methyl sites for hydroxylation is 3. The highest BCUT2D eigenvalue weighted by Crippen LogP contribution is 2.39. The van der Waals surface area contributed by atoms with Crippen LogP contribution in [0, 0.1) is 6.92 Å². The highest BCUT2D eigenvalue weighted by Gasteiger charge is 2.29. The third kappa shape index (κ3) is 3.56. The highest BCUT2D eigenvalue weighted by molar-refractivity contribution is 6.08. The van der Waals surface area contributed by atoms with E-state index in [4.69, 9.17) is 14.1 Å². The van der Waals surface area contributed by atoms with Crippen molar-refractivity contribution in [2.24, 2.45) is 14.1 Å². The van der Waals surface area contributed by atoms with Crippen LogP contribution in [0.2, 0.25) is 0 Å². The summed E-state index contributed by atoms with van der Waals surface area (Å²) in [5.74, 6) is 0. The first-order chi connectivity index (χ1) is 16.9. The Kier molecular flexibility index (Phi) is 5.06. The molecule has 1 saturated heterocycles. The van der Waals surface area contributed by atoms with E-state index in [9.17, 15) is 4.79 Å². The molecule has 5 aromatic rings. The summed E-state index contributed by atoms with van der Waals surface area (Å²) in [6, 6.07) is 1.96. The first kappa shape index (κ1) is 21.7. The van der Waals surface area contributed by atoms with Gasteiger partial charge in [0.15, 0.2) is 11.2 Å². The minimum atomic E-state index is -0.293. The normalized spacial score (nSPS) is 18.6. The van der Waals surface area contributed by atoms with Gasteiger partial charge in [-0.05, 0) is 32.3 Å². The van der Waals surface area contributed by atoms with Crippen molar-refractivity contribution in [1.29, 1.82) is 0 Å². The molecule has 180 valence electrons. The van der Waals surface area contributed by atoms with E-state index in [1.165, 1.54) is 0 Å². The van der Waals surface area contributed by atoms with E-state index in [1.54, 1.807) is 21.8 Å². The van der Waals surface area contributed by atoms with Crippen LogP contribution in [0.1, 0.15) is 37.9 Å². The zero-order valence-electron chi connectivity index (χ0n) is 20.2. The lowest BCUT2D eigenvalue weighted by atomic mass is 10.0. The van der Waals surface area contributed by atoms with Crippen LogP contribution in [0.4, 0.5) is 0 Å². The first-order valence-electron chi connectivity index (χ1n) is 11.9. The van der Waals surface area contributed by atoms with Crippen LogP contribution in [0.15, 0.2) is 40.1 Å². The number of nitrogens with zero attached hydrogens (tertiary/aromatic N) is 7. The Hall–Kier alpha value is -3.79. The van der Waals surface area contributed by atoms with Gasteiger partial charge in [-0.2, -0.15) is 15.2 Å². The fourth-order valence-electron chi connectivity index (χ4n) is 5.09. The van der Waals surface area contributed by atoms with Crippen molar-refractivity contribution in [2.45, 2.75) is 45.3 Å². The van der Waals surface area contributed by atoms with Crippen LogP contribution < -0.4 is 5.69 Å². The van der Waals surface area contributed by atoms with Crippen LogP contribution in [-0.2, 0) is 18.8 Å². The van der Waals surface area contributed by atoms with Crippen LogP contribution >= 0.6 is 0 Å². The van der Waals surface area contributed by atoms with Gasteiger partial charge in [0.05, 0.1) is 29.9 Å². The minimum absolute atomic E-state index is 0.0322. The molecule has 6 heterocycles. The fraction of sp³-hybridized carbons (Fsp3) is 0.400. The minimum Gasteiger partial charge on any atom is -0.450 e. The molecule has 0 saturated carbocycles. The van der Waals surface area contributed by atoms with E-state index in [0.717, 1.165) is 52.7 Å². The Morgan fingerprint density at radius 2 is 1.80 bits per heavy atom. The lowest BCUT2D eigenvalue weighted by Crippen LogP contribution is -2.34. The predicted molar refractivity (Wildman–Crippen MR) is 131 cm³/mol. The van der Waals surface area contributed by atoms with Crippen molar-refractivity contribution in [2.75, 3.05) is 6.61 Å². The monoisotopic (exact) mass is 473 g/mol. The molecule has 6 rings (SSSR count). The standard InChI is InChI=1S/C25H27N7O3/c1-5-18-8-17(6-7-34-18)32-22-19-9-20(15-10-26-30(3)12-15)28-14(2)23(19)35-24(22)21(29-25(32)33)16-11-27-31(4)13-16/h9-13,17-18H,5-8H2,1-4H3. The van der Waals surface area contributed by atoms with E-state index in [2.05, 4.69) is 22.1 Å². The Labute approximate surface area is 201 Å². The Bertz CT molecular complexity index is 1620. The highest BCUT2D eigenvalue weighted by atomic mass is 16.5. The summed E-state index contributed by atoms with van der Waals surface area (Å²) >= 11 is 0. The summed E-state index contributed by atoms with van der Waals surface area (Å²) in [5.41, 5.74) is 5.33. The maximum Gasteiger partial charge on any atom is 0.349 e. The Morgan fingerprint density at radius 3 is 2.49 bits per heavy atom. The Balaban J connectivity index is 1.68. The van der Waals surface area contributed by atoms with E-state index in [1.807, 2.05) is 44.0 Å². The smallest absolute Gasteiger partial charge is 0.349 e. The summed E-state index contributed by atoms with van der Waals surface area (Å²) in [6.07, 6.45) is 9.76. The van der Waals surface area contributed by atoms with Gasteiger partial charge in [-0.3, -0.25) is 13.9 Å². The second-order valence-electron chi connectivity index (χ2n) is 9.25. The molecule has 1 aliphatic rings. The maximum absolute atomic E-state index is 13.6. The summed E-state index contributed by atoms with van der Waals surface area (Å²) in [5, 5.41) is 9.42. The summed E-state index contributed by atoms with van der Waals surface area (Å²) in [6.45, 7) is 4.64. The average Bonchev–Trinajstić information content (AvgIpc) is 3.57. The number of aromatic nitrogens is 7.